The number of aromatic hydroxyl groups is 1. The predicted molar refractivity (Wildman–Crippen MR) is 124 cm³/mol. The Morgan fingerprint density at radius 3 is 2.43 bits per heavy atom. The van der Waals surface area contributed by atoms with Crippen LogP contribution >= 0.6 is 0 Å². The van der Waals surface area contributed by atoms with Gasteiger partial charge in [0.15, 0.2) is 11.4 Å². The average molecular weight is 493 g/mol. The maximum Gasteiger partial charge on any atom is 0.234 e. The zero-order valence-corrected chi connectivity index (χ0v) is 19.7. The van der Waals surface area contributed by atoms with Crippen molar-refractivity contribution in [3.63, 3.8) is 0 Å². The molecule has 0 spiro atoms. The van der Waals surface area contributed by atoms with Crippen molar-refractivity contribution in [1.29, 1.82) is 0 Å². The van der Waals surface area contributed by atoms with Gasteiger partial charge < -0.3 is 44.8 Å². The topological polar surface area (TPSA) is 166 Å². The zero-order chi connectivity index (χ0) is 25.5. The molecule has 0 amide bonds. The number of carbonyl (C=O) groups excluding carboxylic acids is 1. The van der Waals surface area contributed by atoms with Crippen LogP contribution in [0.3, 0.4) is 0 Å². The monoisotopic (exact) mass is 492 g/mol. The zero-order valence-electron chi connectivity index (χ0n) is 19.7. The highest BCUT2D eigenvalue weighted by Gasteiger charge is 2.56. The summed E-state index contributed by atoms with van der Waals surface area (Å²) < 4.78 is 16.8. The summed E-state index contributed by atoms with van der Waals surface area (Å²) >= 11 is 0. The second-order valence-electron chi connectivity index (χ2n) is 9.34. The van der Waals surface area contributed by atoms with Crippen molar-refractivity contribution in [1.82, 2.24) is 0 Å². The molecule has 2 aromatic carbocycles. The van der Waals surface area contributed by atoms with Crippen LogP contribution in [0.5, 0.6) is 17.2 Å². The minimum absolute atomic E-state index is 0.0468. The lowest BCUT2D eigenvalue weighted by molar-refractivity contribution is -0.327. The maximum absolute atomic E-state index is 12.6. The van der Waals surface area contributed by atoms with E-state index in [1.807, 2.05) is 6.07 Å². The second kappa shape index (κ2) is 9.88. The van der Waals surface area contributed by atoms with Crippen LogP contribution < -0.4 is 9.47 Å². The number of ketones is 1. The Labute approximate surface area is 202 Å². The van der Waals surface area contributed by atoms with Crippen LogP contribution in [0.2, 0.25) is 0 Å². The molecule has 0 radical (unpaired) electrons. The number of carbonyl (C=O) groups is 1. The predicted octanol–water partition coefficient (Wildman–Crippen LogP) is 0.955. The van der Waals surface area contributed by atoms with Gasteiger partial charge in [0.25, 0.3) is 0 Å². The first-order valence-corrected chi connectivity index (χ1v) is 11.7. The first kappa shape index (κ1) is 25.6. The maximum atomic E-state index is 12.6. The number of hydrogen-bond donors (Lipinski definition) is 6. The van der Waals surface area contributed by atoms with Crippen LogP contribution in [0.4, 0.5) is 0 Å². The first-order valence-electron chi connectivity index (χ1n) is 11.7. The highest BCUT2D eigenvalue weighted by molar-refractivity contribution is 6.07. The van der Waals surface area contributed by atoms with E-state index in [2.05, 4.69) is 0 Å². The van der Waals surface area contributed by atoms with E-state index in [-0.39, 0.29) is 34.1 Å². The minimum Gasteiger partial charge on any atom is -0.506 e. The molecule has 192 valence electrons. The number of rotatable bonds is 7. The second-order valence-corrected chi connectivity index (χ2v) is 9.34. The Hall–Kier alpha value is -2.47. The molecule has 2 aromatic rings. The van der Waals surface area contributed by atoms with Crippen LogP contribution in [0.25, 0.3) is 10.8 Å². The van der Waals surface area contributed by atoms with Gasteiger partial charge in [0.2, 0.25) is 6.29 Å². The molecule has 0 unspecified atom stereocenters. The van der Waals surface area contributed by atoms with E-state index in [0.717, 1.165) is 31.2 Å². The average Bonchev–Trinajstić information content (AvgIpc) is 3.38. The molecule has 35 heavy (non-hydrogen) atoms. The summed E-state index contributed by atoms with van der Waals surface area (Å²) in [4.78, 5) is 12.6. The van der Waals surface area contributed by atoms with Crippen molar-refractivity contribution in [3.05, 3.63) is 29.3 Å². The third kappa shape index (κ3) is 4.35. The number of aliphatic hydroxyl groups excluding tert-OH is 4. The fourth-order valence-electron chi connectivity index (χ4n) is 5.18. The molecule has 1 aliphatic heterocycles. The normalized spacial score (nSPS) is 29.5. The van der Waals surface area contributed by atoms with E-state index in [1.54, 1.807) is 6.07 Å². The van der Waals surface area contributed by atoms with Gasteiger partial charge in [-0.25, -0.2) is 0 Å². The molecule has 5 atom stereocenters. The quantitative estimate of drug-likeness (QED) is 0.306. The van der Waals surface area contributed by atoms with Crippen LogP contribution in [0, 0.1) is 0 Å². The van der Waals surface area contributed by atoms with Crippen LogP contribution in [0.15, 0.2) is 18.2 Å². The third-order valence-corrected chi connectivity index (χ3v) is 7.15. The lowest BCUT2D eigenvalue weighted by Gasteiger charge is -2.46. The molecular weight excluding hydrogens is 460 g/mol. The van der Waals surface area contributed by atoms with Gasteiger partial charge in [0, 0.05) is 6.07 Å². The molecule has 1 saturated heterocycles. The van der Waals surface area contributed by atoms with E-state index >= 15 is 0 Å². The molecule has 1 saturated carbocycles. The first-order chi connectivity index (χ1) is 16.7. The van der Waals surface area contributed by atoms with Crippen LogP contribution in [-0.4, -0.2) is 86.9 Å². The Bertz CT molecular complexity index is 1100. The number of phenols is 1. The Morgan fingerprint density at radius 1 is 1.17 bits per heavy atom. The van der Waals surface area contributed by atoms with E-state index in [1.165, 1.54) is 20.1 Å². The fourth-order valence-corrected chi connectivity index (χ4v) is 5.18. The van der Waals surface area contributed by atoms with Crippen molar-refractivity contribution in [3.8, 4) is 17.2 Å². The summed E-state index contributed by atoms with van der Waals surface area (Å²) in [6.07, 6.45) is -2.77. The van der Waals surface area contributed by atoms with E-state index in [4.69, 9.17) is 14.2 Å². The SMILES string of the molecule is COc1cc(O[C@H]2O[C@H](CO)[C@@H](O)[C@H](O)[C@]2(O)CO)c2c(O)c(C(C)=O)c(C3CCCC3)cc2c1. The molecular formula is C25H32O10. The van der Waals surface area contributed by atoms with Gasteiger partial charge in [0.1, 0.15) is 35.6 Å². The minimum atomic E-state index is -2.46. The molecule has 10 heteroatoms. The van der Waals surface area contributed by atoms with Gasteiger partial charge in [0.05, 0.1) is 31.3 Å². The summed E-state index contributed by atoms with van der Waals surface area (Å²) in [5, 5.41) is 62.8. The van der Waals surface area contributed by atoms with Gasteiger partial charge in [-0.05, 0) is 48.8 Å². The largest absolute Gasteiger partial charge is 0.506 e. The summed E-state index contributed by atoms with van der Waals surface area (Å²) in [6, 6.07) is 4.92. The Kier molecular flexibility index (Phi) is 7.23. The molecule has 2 aliphatic rings. The van der Waals surface area contributed by atoms with Gasteiger partial charge >= 0.3 is 0 Å². The van der Waals surface area contributed by atoms with Gasteiger partial charge in [-0.1, -0.05) is 12.8 Å². The highest BCUT2D eigenvalue weighted by atomic mass is 16.7. The van der Waals surface area contributed by atoms with E-state index in [9.17, 15) is 35.4 Å². The van der Waals surface area contributed by atoms with E-state index < -0.39 is 43.4 Å². The summed E-state index contributed by atoms with van der Waals surface area (Å²) in [5.74, 6) is -0.176. The molecule has 1 aliphatic carbocycles. The number of aliphatic hydroxyl groups is 5. The molecule has 2 fully saturated rings. The number of benzene rings is 2. The van der Waals surface area contributed by atoms with Crippen molar-refractivity contribution >= 4 is 16.6 Å². The third-order valence-electron chi connectivity index (χ3n) is 7.15. The number of hydrogen-bond acceptors (Lipinski definition) is 10. The molecule has 6 N–H and O–H groups in total. The van der Waals surface area contributed by atoms with Crippen molar-refractivity contribution in [2.45, 2.75) is 68.7 Å². The van der Waals surface area contributed by atoms with Gasteiger partial charge in [-0.2, -0.15) is 0 Å². The number of Topliss-reactive ketones (excluding diaryl/α,β-unsaturated/α-hetero) is 1. The summed E-state index contributed by atoms with van der Waals surface area (Å²) in [5.41, 5.74) is -1.52. The van der Waals surface area contributed by atoms with Crippen LogP contribution in [-0.2, 0) is 4.74 Å². The van der Waals surface area contributed by atoms with E-state index in [0.29, 0.717) is 11.1 Å². The molecule has 4 rings (SSSR count). The lowest BCUT2D eigenvalue weighted by atomic mass is 9.86. The van der Waals surface area contributed by atoms with Crippen molar-refractivity contribution in [2.75, 3.05) is 20.3 Å². The fraction of sp³-hybridized carbons (Fsp3) is 0.560. The number of methoxy groups -OCH3 is 1. The van der Waals surface area contributed by atoms with Crippen LogP contribution in [0.1, 0.15) is 54.4 Å². The molecule has 0 aromatic heterocycles. The number of ether oxygens (including phenoxy) is 3. The highest BCUT2D eigenvalue weighted by Crippen LogP contribution is 2.46. The molecule has 0 bridgehead atoms. The lowest BCUT2D eigenvalue weighted by Crippen LogP contribution is -2.69. The smallest absolute Gasteiger partial charge is 0.234 e. The van der Waals surface area contributed by atoms with Crippen molar-refractivity contribution in [2.24, 2.45) is 0 Å². The van der Waals surface area contributed by atoms with Crippen molar-refractivity contribution < 1.29 is 49.6 Å². The Balaban J connectivity index is 1.88. The number of phenolic OH excluding ortho intramolecular Hbond substituents is 1. The van der Waals surface area contributed by atoms with Gasteiger partial charge in [-0.3, -0.25) is 4.79 Å². The molecule has 10 nitrogen and oxygen atoms in total. The number of fused-ring (bicyclic) bond motifs is 1. The summed E-state index contributed by atoms with van der Waals surface area (Å²) in [6.45, 7) is -0.350. The molecule has 1 heterocycles. The standard InChI is InChI=1S/C25H32O10/c1-12(28)19-16(13-5-3-4-6-13)8-14-7-15(33-2)9-17(20(14)22(19)30)34-24-25(32,11-27)23(31)21(29)18(10-26)35-24/h7-9,13,18,21,23-24,26-27,29-32H,3-6,10-11H2,1-2H3/t18-,21-,23+,24+,25-/m1/s1. The summed E-state index contributed by atoms with van der Waals surface area (Å²) in [7, 11) is 1.44. The van der Waals surface area contributed by atoms with Gasteiger partial charge in [-0.15, -0.1) is 0 Å². The Morgan fingerprint density at radius 2 is 1.86 bits per heavy atom.